The molecule has 1 fully saturated rings. The summed E-state index contributed by atoms with van der Waals surface area (Å²) in [7, 11) is 3.37. The van der Waals surface area contributed by atoms with E-state index in [4.69, 9.17) is 14.5 Å². The van der Waals surface area contributed by atoms with E-state index in [-0.39, 0.29) is 0 Å². The zero-order chi connectivity index (χ0) is 17.4. The average Bonchev–Trinajstić information content (AvgIpc) is 3.08. The maximum atomic E-state index is 5.37. The van der Waals surface area contributed by atoms with E-state index in [9.17, 15) is 0 Å². The minimum absolute atomic E-state index is 0.564. The van der Waals surface area contributed by atoms with Crippen molar-refractivity contribution in [2.45, 2.75) is 20.3 Å². The molecule has 1 atom stereocenters. The highest BCUT2D eigenvalue weighted by Gasteiger charge is 2.23. The summed E-state index contributed by atoms with van der Waals surface area (Å²) in [6, 6.07) is 6.04. The van der Waals surface area contributed by atoms with Gasteiger partial charge in [-0.1, -0.05) is 0 Å². The molecule has 1 aliphatic heterocycles. The van der Waals surface area contributed by atoms with E-state index >= 15 is 0 Å². The highest BCUT2D eigenvalue weighted by Crippen LogP contribution is 2.31. The molecule has 134 valence electrons. The Labute approximate surface area is 145 Å². The molecule has 0 bridgehead atoms. The second-order valence-corrected chi connectivity index (χ2v) is 5.92. The number of benzene rings is 1. The number of rotatable bonds is 7. The normalized spacial score (nSPS) is 16.7. The summed E-state index contributed by atoms with van der Waals surface area (Å²) in [4.78, 5) is 7.08. The van der Waals surface area contributed by atoms with Crippen molar-refractivity contribution in [3.05, 3.63) is 18.2 Å². The first kappa shape index (κ1) is 18.2. The summed E-state index contributed by atoms with van der Waals surface area (Å²) < 4.78 is 10.7. The fourth-order valence-electron chi connectivity index (χ4n) is 2.92. The van der Waals surface area contributed by atoms with Crippen molar-refractivity contribution >= 4 is 11.6 Å². The van der Waals surface area contributed by atoms with Crippen LogP contribution in [-0.2, 0) is 0 Å². The molecular formula is C18H30N4O2. The van der Waals surface area contributed by atoms with Crippen LogP contribution in [0.4, 0.5) is 5.69 Å². The van der Waals surface area contributed by atoms with Gasteiger partial charge < -0.3 is 25.0 Å². The molecule has 0 aromatic heterocycles. The molecule has 1 aromatic carbocycles. The molecule has 2 N–H and O–H groups in total. The van der Waals surface area contributed by atoms with Crippen LogP contribution in [0.5, 0.6) is 11.5 Å². The zero-order valence-corrected chi connectivity index (χ0v) is 15.3. The third-order valence-electron chi connectivity index (χ3n) is 4.18. The van der Waals surface area contributed by atoms with Crippen LogP contribution in [0.15, 0.2) is 23.2 Å². The Kier molecular flexibility index (Phi) is 7.03. The molecule has 0 aliphatic carbocycles. The molecule has 2 rings (SSSR count). The zero-order valence-electron chi connectivity index (χ0n) is 15.3. The van der Waals surface area contributed by atoms with Gasteiger partial charge in [0.1, 0.15) is 11.5 Å². The second-order valence-electron chi connectivity index (χ2n) is 5.92. The Morgan fingerprint density at radius 1 is 1.12 bits per heavy atom. The third-order valence-corrected chi connectivity index (χ3v) is 4.18. The van der Waals surface area contributed by atoms with Crippen LogP contribution in [0, 0.1) is 5.92 Å². The van der Waals surface area contributed by atoms with Gasteiger partial charge in [-0.05, 0) is 26.2 Å². The number of aliphatic imine (C=N–C) groups is 1. The first-order chi connectivity index (χ1) is 11.7. The molecule has 1 saturated heterocycles. The smallest absolute Gasteiger partial charge is 0.191 e. The van der Waals surface area contributed by atoms with Gasteiger partial charge in [0, 0.05) is 56.6 Å². The molecular weight excluding hydrogens is 304 g/mol. The van der Waals surface area contributed by atoms with Crippen LogP contribution < -0.4 is 25.0 Å². The number of nitrogens with zero attached hydrogens (tertiary/aromatic N) is 2. The van der Waals surface area contributed by atoms with Crippen molar-refractivity contribution in [2.75, 3.05) is 51.8 Å². The van der Waals surface area contributed by atoms with Gasteiger partial charge in [0.05, 0.1) is 14.2 Å². The van der Waals surface area contributed by atoms with Crippen molar-refractivity contribution in [1.82, 2.24) is 10.6 Å². The first-order valence-electron chi connectivity index (χ1n) is 8.70. The lowest BCUT2D eigenvalue weighted by Gasteiger charge is -2.20. The molecule has 1 unspecified atom stereocenters. The van der Waals surface area contributed by atoms with Gasteiger partial charge in [-0.3, -0.25) is 4.99 Å². The second kappa shape index (κ2) is 9.25. The van der Waals surface area contributed by atoms with Gasteiger partial charge in [-0.15, -0.1) is 0 Å². The predicted octanol–water partition coefficient (Wildman–Crippen LogP) is 2.11. The molecule has 24 heavy (non-hydrogen) atoms. The quantitative estimate of drug-likeness (QED) is 0.591. The van der Waals surface area contributed by atoms with Gasteiger partial charge in [0.25, 0.3) is 0 Å². The highest BCUT2D eigenvalue weighted by atomic mass is 16.5. The third kappa shape index (κ3) is 4.94. The van der Waals surface area contributed by atoms with Crippen LogP contribution in [-0.4, -0.2) is 52.9 Å². The summed E-state index contributed by atoms with van der Waals surface area (Å²) in [6.45, 7) is 8.81. The maximum Gasteiger partial charge on any atom is 0.191 e. The molecule has 0 radical (unpaired) electrons. The van der Waals surface area contributed by atoms with Crippen molar-refractivity contribution in [3.63, 3.8) is 0 Å². The number of anilines is 1. The maximum absolute atomic E-state index is 5.37. The van der Waals surface area contributed by atoms with Crippen LogP contribution in [0.3, 0.4) is 0 Å². The van der Waals surface area contributed by atoms with E-state index in [1.807, 2.05) is 6.07 Å². The molecule has 0 amide bonds. The monoisotopic (exact) mass is 334 g/mol. The molecule has 0 saturated carbocycles. The molecule has 0 spiro atoms. The Morgan fingerprint density at radius 3 is 2.29 bits per heavy atom. The van der Waals surface area contributed by atoms with Gasteiger partial charge in [-0.25, -0.2) is 0 Å². The van der Waals surface area contributed by atoms with E-state index in [1.165, 1.54) is 0 Å². The lowest BCUT2D eigenvalue weighted by atomic mass is 10.1. The summed E-state index contributed by atoms with van der Waals surface area (Å²) in [5.74, 6) is 3.12. The van der Waals surface area contributed by atoms with Crippen molar-refractivity contribution in [1.29, 1.82) is 0 Å². The van der Waals surface area contributed by atoms with Gasteiger partial charge >= 0.3 is 0 Å². The van der Waals surface area contributed by atoms with E-state index in [2.05, 4.69) is 41.5 Å². The van der Waals surface area contributed by atoms with E-state index in [1.54, 1.807) is 14.2 Å². The number of hydrogen-bond acceptors (Lipinski definition) is 4. The minimum atomic E-state index is 0.564. The van der Waals surface area contributed by atoms with Crippen molar-refractivity contribution in [2.24, 2.45) is 10.9 Å². The predicted molar refractivity (Wildman–Crippen MR) is 99.5 cm³/mol. The average molecular weight is 334 g/mol. The van der Waals surface area contributed by atoms with E-state index < -0.39 is 0 Å². The molecule has 1 aromatic rings. The Bertz CT molecular complexity index is 518. The van der Waals surface area contributed by atoms with Crippen LogP contribution in [0.25, 0.3) is 0 Å². The Balaban J connectivity index is 1.98. The minimum Gasteiger partial charge on any atom is -0.497 e. The number of ether oxygens (including phenoxy) is 2. The molecule has 6 nitrogen and oxygen atoms in total. The highest BCUT2D eigenvalue weighted by molar-refractivity contribution is 5.79. The first-order valence-corrected chi connectivity index (χ1v) is 8.70. The standard InChI is InChI=1S/C18H30N4O2/c1-5-19-18(20-6-2)21-12-14-7-8-22(13-14)15-9-16(23-3)11-17(10-15)24-4/h9-11,14H,5-8,12-13H2,1-4H3,(H2,19,20,21). The lowest BCUT2D eigenvalue weighted by Crippen LogP contribution is -2.37. The molecule has 1 aliphatic rings. The summed E-state index contributed by atoms with van der Waals surface area (Å²) >= 11 is 0. The summed E-state index contributed by atoms with van der Waals surface area (Å²) in [5.41, 5.74) is 1.15. The van der Waals surface area contributed by atoms with Crippen LogP contribution >= 0.6 is 0 Å². The van der Waals surface area contributed by atoms with Gasteiger partial charge in [-0.2, -0.15) is 0 Å². The number of nitrogens with one attached hydrogen (secondary N) is 2. The van der Waals surface area contributed by atoms with E-state index in [0.717, 1.165) is 62.3 Å². The Morgan fingerprint density at radius 2 is 1.75 bits per heavy atom. The summed E-state index contributed by atoms with van der Waals surface area (Å²) in [6.07, 6.45) is 1.15. The molecule has 6 heteroatoms. The Hall–Kier alpha value is -2.11. The topological polar surface area (TPSA) is 58.1 Å². The summed E-state index contributed by atoms with van der Waals surface area (Å²) in [5, 5.41) is 6.55. The number of guanidine groups is 1. The fraction of sp³-hybridized carbons (Fsp3) is 0.611. The van der Waals surface area contributed by atoms with Crippen LogP contribution in [0.1, 0.15) is 20.3 Å². The van der Waals surface area contributed by atoms with E-state index in [0.29, 0.717) is 5.92 Å². The lowest BCUT2D eigenvalue weighted by molar-refractivity contribution is 0.394. The van der Waals surface area contributed by atoms with Crippen molar-refractivity contribution < 1.29 is 9.47 Å². The molecule has 1 heterocycles. The largest absolute Gasteiger partial charge is 0.497 e. The van der Waals surface area contributed by atoms with Crippen molar-refractivity contribution in [3.8, 4) is 11.5 Å². The number of hydrogen-bond donors (Lipinski definition) is 2. The van der Waals surface area contributed by atoms with Gasteiger partial charge in [0.15, 0.2) is 5.96 Å². The van der Waals surface area contributed by atoms with Crippen LogP contribution in [0.2, 0.25) is 0 Å². The SMILES string of the molecule is CCNC(=NCC1CCN(c2cc(OC)cc(OC)c2)C1)NCC. The van der Waals surface area contributed by atoms with Gasteiger partial charge in [0.2, 0.25) is 0 Å². The fourth-order valence-corrected chi connectivity index (χ4v) is 2.92. The number of methoxy groups -OCH3 is 2.